The molecule has 1 atom stereocenters. The smallest absolute Gasteiger partial charge is 0.231 e. The number of hydrogen-bond acceptors (Lipinski definition) is 7. The van der Waals surface area contributed by atoms with E-state index in [1.54, 1.807) is 30.1 Å². The normalized spacial score (nSPS) is 12.0. The van der Waals surface area contributed by atoms with Gasteiger partial charge in [-0.2, -0.15) is 10.4 Å². The van der Waals surface area contributed by atoms with Crippen LogP contribution in [0.15, 0.2) is 24.5 Å². The van der Waals surface area contributed by atoms with Gasteiger partial charge in [0.2, 0.25) is 5.88 Å². The second-order valence-corrected chi connectivity index (χ2v) is 6.51. The lowest BCUT2D eigenvalue weighted by atomic mass is 10.0. The van der Waals surface area contributed by atoms with Gasteiger partial charge in [0.25, 0.3) is 0 Å². The van der Waals surface area contributed by atoms with E-state index in [0.29, 0.717) is 16.8 Å². The zero-order chi connectivity index (χ0) is 20.3. The second kappa shape index (κ2) is 8.15. The summed E-state index contributed by atoms with van der Waals surface area (Å²) in [7, 11) is 3.07. The number of pyridine rings is 1. The summed E-state index contributed by atoms with van der Waals surface area (Å²) in [5.74, 6) is 0.226. The van der Waals surface area contributed by atoms with Gasteiger partial charge >= 0.3 is 0 Å². The molecule has 0 bridgehead atoms. The van der Waals surface area contributed by atoms with Crippen molar-refractivity contribution in [2.45, 2.75) is 32.8 Å². The Kier molecular flexibility index (Phi) is 5.66. The van der Waals surface area contributed by atoms with Crippen molar-refractivity contribution in [3.8, 4) is 11.9 Å². The summed E-state index contributed by atoms with van der Waals surface area (Å²) in [5.41, 5.74) is 4.08. The van der Waals surface area contributed by atoms with E-state index in [9.17, 15) is 10.1 Å². The van der Waals surface area contributed by atoms with E-state index < -0.39 is 0 Å². The number of nitriles is 1. The molecule has 3 aromatic heterocycles. The monoisotopic (exact) mass is 379 g/mol. The zero-order valence-electron chi connectivity index (χ0n) is 16.3. The third kappa shape index (κ3) is 3.85. The molecule has 3 heterocycles. The topological polar surface area (TPSA) is 102 Å². The summed E-state index contributed by atoms with van der Waals surface area (Å²) in [5, 5.41) is 13.7. The van der Waals surface area contributed by atoms with Crippen molar-refractivity contribution >= 4 is 11.4 Å². The molecule has 0 aromatic carbocycles. The predicted octanol–water partition coefficient (Wildman–Crippen LogP) is 2.37. The quantitative estimate of drug-likeness (QED) is 0.621. The standard InChI is InChI=1S/C20H21N5O3/c1-12-5-18-22-11-16(19(13(2)27-3)25(18)24-12)8-17(26)7-14-6-15(9-21)20(28-4)23-10-14/h5-6,10-11,13H,7-8H2,1-4H3/t13-/m0/s1. The van der Waals surface area contributed by atoms with Crippen molar-refractivity contribution in [3.05, 3.63) is 52.6 Å². The molecule has 0 saturated heterocycles. The number of carbonyl (C=O) groups excluding carboxylic acids is 1. The van der Waals surface area contributed by atoms with E-state index in [1.165, 1.54) is 7.11 Å². The van der Waals surface area contributed by atoms with Gasteiger partial charge in [0.15, 0.2) is 5.65 Å². The Bertz CT molecular complexity index is 1070. The SMILES string of the molecule is COc1ncc(CC(=O)Cc2cnc3cc(C)nn3c2[C@H](C)OC)cc1C#N. The lowest BCUT2D eigenvalue weighted by Crippen LogP contribution is -2.15. The number of aryl methyl sites for hydroxylation is 1. The number of carbonyl (C=O) groups is 1. The van der Waals surface area contributed by atoms with Crippen LogP contribution in [0.3, 0.4) is 0 Å². The molecule has 8 heteroatoms. The van der Waals surface area contributed by atoms with E-state index in [4.69, 9.17) is 9.47 Å². The number of fused-ring (bicyclic) bond motifs is 1. The fourth-order valence-electron chi connectivity index (χ4n) is 3.12. The summed E-state index contributed by atoms with van der Waals surface area (Å²) < 4.78 is 12.3. The van der Waals surface area contributed by atoms with Crippen molar-refractivity contribution in [2.24, 2.45) is 0 Å². The third-order valence-electron chi connectivity index (χ3n) is 4.47. The molecule has 0 unspecified atom stereocenters. The maximum atomic E-state index is 12.7. The lowest BCUT2D eigenvalue weighted by Gasteiger charge is -2.16. The van der Waals surface area contributed by atoms with E-state index in [1.807, 2.05) is 26.0 Å². The number of nitrogens with zero attached hydrogens (tertiary/aromatic N) is 5. The average molecular weight is 379 g/mol. The van der Waals surface area contributed by atoms with Crippen molar-refractivity contribution < 1.29 is 14.3 Å². The van der Waals surface area contributed by atoms with Crippen molar-refractivity contribution in [1.29, 1.82) is 5.26 Å². The number of ketones is 1. The molecule has 28 heavy (non-hydrogen) atoms. The molecule has 144 valence electrons. The van der Waals surface area contributed by atoms with E-state index in [-0.39, 0.29) is 30.6 Å². The Hall–Kier alpha value is -3.31. The van der Waals surface area contributed by atoms with Gasteiger partial charge in [-0.25, -0.2) is 14.5 Å². The van der Waals surface area contributed by atoms with Gasteiger partial charge in [-0.3, -0.25) is 4.79 Å². The van der Waals surface area contributed by atoms with Gasteiger partial charge in [-0.15, -0.1) is 0 Å². The minimum absolute atomic E-state index is 0.0227. The highest BCUT2D eigenvalue weighted by Crippen LogP contribution is 2.23. The molecular formula is C20H21N5O3. The Morgan fingerprint density at radius 1 is 1.25 bits per heavy atom. The third-order valence-corrected chi connectivity index (χ3v) is 4.47. The molecule has 0 amide bonds. The highest BCUT2D eigenvalue weighted by molar-refractivity contribution is 5.83. The van der Waals surface area contributed by atoms with Crippen LogP contribution in [0, 0.1) is 18.3 Å². The van der Waals surface area contributed by atoms with Crippen LogP contribution >= 0.6 is 0 Å². The number of methoxy groups -OCH3 is 2. The number of rotatable bonds is 7. The van der Waals surface area contributed by atoms with E-state index in [2.05, 4.69) is 15.1 Å². The highest BCUT2D eigenvalue weighted by Gasteiger charge is 2.19. The van der Waals surface area contributed by atoms with Crippen LogP contribution in [0.1, 0.15) is 41.1 Å². The number of hydrogen-bond donors (Lipinski definition) is 0. The summed E-state index contributed by atoms with van der Waals surface area (Å²) in [4.78, 5) is 21.2. The van der Waals surface area contributed by atoms with Gasteiger partial charge in [0, 0.05) is 44.0 Å². The molecule has 0 saturated carbocycles. The van der Waals surface area contributed by atoms with Crippen LogP contribution < -0.4 is 4.74 Å². The summed E-state index contributed by atoms with van der Waals surface area (Å²) in [6, 6.07) is 5.53. The van der Waals surface area contributed by atoms with Gasteiger partial charge in [0.1, 0.15) is 17.4 Å². The molecule has 0 aliphatic heterocycles. The molecule has 0 spiro atoms. The molecule has 8 nitrogen and oxygen atoms in total. The maximum Gasteiger partial charge on any atom is 0.231 e. The average Bonchev–Trinajstić information content (AvgIpc) is 3.07. The molecule has 3 aromatic rings. The van der Waals surface area contributed by atoms with Gasteiger partial charge in [-0.05, 0) is 25.5 Å². The summed E-state index contributed by atoms with van der Waals surface area (Å²) in [6.45, 7) is 3.80. The van der Waals surface area contributed by atoms with E-state index in [0.717, 1.165) is 17.0 Å². The van der Waals surface area contributed by atoms with E-state index >= 15 is 0 Å². The van der Waals surface area contributed by atoms with Crippen LogP contribution in [0.5, 0.6) is 5.88 Å². The molecule has 0 fully saturated rings. The Morgan fingerprint density at radius 3 is 2.71 bits per heavy atom. The number of ether oxygens (including phenoxy) is 2. The number of Topliss-reactive ketones (excluding diaryl/α,β-unsaturated/α-hetero) is 1. The zero-order valence-corrected chi connectivity index (χ0v) is 16.3. The molecule has 3 rings (SSSR count). The maximum absolute atomic E-state index is 12.7. The number of aromatic nitrogens is 4. The molecule has 0 aliphatic carbocycles. The first-order valence-electron chi connectivity index (χ1n) is 8.78. The minimum atomic E-state index is -0.250. The fourth-order valence-corrected chi connectivity index (χ4v) is 3.12. The first-order chi connectivity index (χ1) is 13.5. The molecular weight excluding hydrogens is 358 g/mol. The Balaban J connectivity index is 1.88. The summed E-state index contributed by atoms with van der Waals surface area (Å²) >= 11 is 0. The first kappa shape index (κ1) is 19.5. The van der Waals surface area contributed by atoms with Crippen LogP contribution in [0.25, 0.3) is 5.65 Å². The lowest BCUT2D eigenvalue weighted by molar-refractivity contribution is -0.117. The largest absolute Gasteiger partial charge is 0.480 e. The Morgan fingerprint density at radius 2 is 2.04 bits per heavy atom. The van der Waals surface area contributed by atoms with Crippen molar-refractivity contribution in [1.82, 2.24) is 19.6 Å². The fraction of sp³-hybridized carbons (Fsp3) is 0.350. The molecule has 0 radical (unpaired) electrons. The first-order valence-corrected chi connectivity index (χ1v) is 8.78. The minimum Gasteiger partial charge on any atom is -0.480 e. The van der Waals surface area contributed by atoms with Gasteiger partial charge < -0.3 is 9.47 Å². The van der Waals surface area contributed by atoms with Crippen LogP contribution in [0.4, 0.5) is 0 Å². The van der Waals surface area contributed by atoms with Crippen molar-refractivity contribution in [3.63, 3.8) is 0 Å². The Labute approximate surface area is 162 Å². The molecule has 0 N–H and O–H groups in total. The van der Waals surface area contributed by atoms with Crippen LogP contribution in [0.2, 0.25) is 0 Å². The van der Waals surface area contributed by atoms with Crippen LogP contribution in [-0.4, -0.2) is 39.6 Å². The second-order valence-electron chi connectivity index (χ2n) is 6.51. The van der Waals surface area contributed by atoms with Crippen LogP contribution in [-0.2, 0) is 22.4 Å². The molecule has 0 aliphatic rings. The highest BCUT2D eigenvalue weighted by atomic mass is 16.5. The van der Waals surface area contributed by atoms with Crippen molar-refractivity contribution in [2.75, 3.05) is 14.2 Å². The predicted molar refractivity (Wildman–Crippen MR) is 101 cm³/mol. The summed E-state index contributed by atoms with van der Waals surface area (Å²) in [6.07, 6.45) is 3.34. The van der Waals surface area contributed by atoms with Gasteiger partial charge in [0.05, 0.1) is 24.6 Å². The van der Waals surface area contributed by atoms with Gasteiger partial charge in [-0.1, -0.05) is 0 Å².